The van der Waals surface area contributed by atoms with Crippen LogP contribution in [0.1, 0.15) is 79.8 Å². The summed E-state index contributed by atoms with van der Waals surface area (Å²) in [7, 11) is 0. The number of benzene rings is 2. The molecule has 0 aliphatic carbocycles. The molecule has 9 rings (SSSR count). The van der Waals surface area contributed by atoms with Crippen LogP contribution in [0.2, 0.25) is 0 Å². The molecule has 3 N–H and O–H groups in total. The third-order valence-corrected chi connectivity index (χ3v) is 14.8. The lowest BCUT2D eigenvalue weighted by atomic mass is 9.90. The van der Waals surface area contributed by atoms with Gasteiger partial charge in [0.05, 0.1) is 33.9 Å². The first-order valence-corrected chi connectivity index (χ1v) is 23.0. The lowest BCUT2D eigenvalue weighted by Gasteiger charge is -2.42. The number of carbonyl (C=O) groups is 3. The van der Waals surface area contributed by atoms with E-state index >= 15 is 0 Å². The summed E-state index contributed by atoms with van der Waals surface area (Å²) in [6, 6.07) is 19.9. The van der Waals surface area contributed by atoms with Crippen LogP contribution in [0.25, 0.3) is 31.9 Å². The Bertz CT molecular complexity index is 2590. The molecule has 322 valence electrons. The minimum atomic E-state index is -0.829. The Labute approximate surface area is 367 Å². The number of aromatic nitrogens is 4. The molecule has 3 saturated heterocycles. The van der Waals surface area contributed by atoms with E-state index < -0.39 is 18.1 Å². The molecule has 4 atom stereocenters. The molecule has 62 heavy (non-hydrogen) atoms. The van der Waals surface area contributed by atoms with Crippen LogP contribution >= 0.6 is 22.7 Å². The topological polar surface area (TPSA) is 178 Å². The third-order valence-electron chi connectivity index (χ3n) is 12.6. The number of aryl methyl sites for hydroxylation is 1. The predicted molar refractivity (Wildman–Crippen MR) is 238 cm³/mol. The molecule has 3 fully saturated rings. The van der Waals surface area contributed by atoms with Gasteiger partial charge in [0, 0.05) is 72.9 Å². The molecular formula is C46H50N8O6S2. The highest BCUT2D eigenvalue weighted by atomic mass is 32.1. The number of hydrogen-bond acceptors (Lipinski definition) is 13. The Hall–Kier alpha value is -5.71. The Morgan fingerprint density at radius 3 is 2.42 bits per heavy atom. The molecule has 6 aromatic rings. The van der Waals surface area contributed by atoms with E-state index in [1.807, 2.05) is 86.6 Å². The van der Waals surface area contributed by atoms with Gasteiger partial charge in [-0.3, -0.25) is 14.4 Å². The first-order valence-electron chi connectivity index (χ1n) is 21.3. The van der Waals surface area contributed by atoms with Gasteiger partial charge in [0.25, 0.3) is 0 Å². The monoisotopic (exact) mass is 874 g/mol. The lowest BCUT2D eigenvalue weighted by Crippen LogP contribution is -2.52. The summed E-state index contributed by atoms with van der Waals surface area (Å²) in [5.41, 5.74) is 6.07. The number of piperidine rings is 1. The summed E-state index contributed by atoms with van der Waals surface area (Å²) in [6.07, 6.45) is 0.681. The second-order valence-electron chi connectivity index (χ2n) is 17.2. The molecule has 1 unspecified atom stereocenters. The van der Waals surface area contributed by atoms with Gasteiger partial charge < -0.3 is 34.8 Å². The number of phenols is 1. The van der Waals surface area contributed by atoms with E-state index in [-0.39, 0.29) is 60.2 Å². The minimum Gasteiger partial charge on any atom is -0.507 e. The number of rotatable bonds is 11. The normalized spacial score (nSPS) is 19.5. The third kappa shape index (κ3) is 8.18. The number of thiazole rings is 1. The summed E-state index contributed by atoms with van der Waals surface area (Å²) < 4.78 is 5.86. The summed E-state index contributed by atoms with van der Waals surface area (Å²) in [4.78, 5) is 54.7. The predicted octanol–water partition coefficient (Wildman–Crippen LogP) is 6.91. The van der Waals surface area contributed by atoms with Gasteiger partial charge in [-0.15, -0.1) is 32.9 Å². The molecule has 0 bridgehead atoms. The summed E-state index contributed by atoms with van der Waals surface area (Å²) in [5, 5.41) is 38.2. The number of aromatic hydroxyl groups is 1. The average molecular weight is 875 g/mol. The zero-order chi connectivity index (χ0) is 43.2. The maximum absolute atomic E-state index is 14.3. The van der Waals surface area contributed by atoms with Gasteiger partial charge in [-0.1, -0.05) is 55.4 Å². The van der Waals surface area contributed by atoms with Crippen molar-refractivity contribution in [1.82, 2.24) is 35.5 Å². The number of β-amino-alcohol motifs (C(OH)–C–C–N with tert-alkyl or cyclic N) is 1. The molecule has 0 radical (unpaired) electrons. The number of nitrogens with zero attached hydrogens (tertiary/aromatic N) is 7. The van der Waals surface area contributed by atoms with Gasteiger partial charge in [-0.25, -0.2) is 4.98 Å². The molecule has 4 aromatic heterocycles. The van der Waals surface area contributed by atoms with Crippen molar-refractivity contribution >= 4 is 56.4 Å². The number of aliphatic hydroxyl groups excluding tert-OH is 1. The minimum absolute atomic E-state index is 0.0538. The Balaban J connectivity index is 0.784. The molecule has 2 aromatic carbocycles. The van der Waals surface area contributed by atoms with Crippen LogP contribution in [-0.4, -0.2) is 103 Å². The number of fused-ring (bicyclic) bond motifs is 1. The standard InChI is InChI=1S/C46H50N8O6S2/c1-25(2)41(46(59)54-23-33(55)19-36(54)43(57)48-26(3)28-9-11-29(12-10-28)42-27(4)47-24-61-42)38-20-40(51-60-38)52-15-13-30(14-16-52)45(58)53-21-32(22-53)39-18-31-17-35(49-50-44(31)62-39)34-7-5-6-8-37(34)56/h5-12,17-18,20,24-26,30,32-33,36,41,55-56H,13-16,19,21-23H2,1-4H3,(H,48,57)/t26-,33+,36-,41?/m0/s1. The fraction of sp³-hybridized carbons (Fsp3) is 0.413. The van der Waals surface area contributed by atoms with Crippen molar-refractivity contribution in [2.75, 3.05) is 37.6 Å². The Morgan fingerprint density at radius 1 is 0.952 bits per heavy atom. The van der Waals surface area contributed by atoms with E-state index in [1.165, 1.54) is 9.78 Å². The molecule has 0 saturated carbocycles. The molecular weight excluding hydrogens is 825 g/mol. The molecule has 16 heteroatoms. The van der Waals surface area contributed by atoms with Crippen molar-refractivity contribution in [2.24, 2.45) is 11.8 Å². The van der Waals surface area contributed by atoms with Gasteiger partial charge in [-0.2, -0.15) is 0 Å². The second kappa shape index (κ2) is 17.2. The SMILES string of the molecule is Cc1ncsc1-c1ccc([C@H](C)NC(=O)[C@@H]2C[C@@H](O)CN2C(=O)C(c2cc(N3CCC(C(=O)N4CC(c5cc6cc(-c7ccccc7O)nnc6s5)C4)CC3)no2)C(C)C)cc1. The maximum atomic E-state index is 14.3. The van der Waals surface area contributed by atoms with Crippen molar-refractivity contribution in [3.63, 3.8) is 0 Å². The Kier molecular flexibility index (Phi) is 11.6. The quantitative estimate of drug-likeness (QED) is 0.123. The average Bonchev–Trinajstić information content (AvgIpc) is 4.07. The number of para-hydroxylation sites is 1. The van der Waals surface area contributed by atoms with Crippen LogP contribution in [0.3, 0.4) is 0 Å². The van der Waals surface area contributed by atoms with Crippen molar-refractivity contribution < 1.29 is 29.1 Å². The molecule has 3 amide bonds. The van der Waals surface area contributed by atoms with Gasteiger partial charge in [-0.05, 0) is 68.0 Å². The summed E-state index contributed by atoms with van der Waals surface area (Å²) in [6.45, 7) is 10.4. The highest BCUT2D eigenvalue weighted by molar-refractivity contribution is 7.18. The first-order chi connectivity index (χ1) is 29.9. The van der Waals surface area contributed by atoms with E-state index in [0.717, 1.165) is 31.9 Å². The maximum Gasteiger partial charge on any atom is 0.243 e. The number of nitrogens with one attached hydrogen (secondary N) is 1. The van der Waals surface area contributed by atoms with E-state index in [9.17, 15) is 24.6 Å². The van der Waals surface area contributed by atoms with Crippen LogP contribution in [0.4, 0.5) is 5.82 Å². The Morgan fingerprint density at radius 2 is 1.71 bits per heavy atom. The van der Waals surface area contributed by atoms with E-state index in [2.05, 4.69) is 36.6 Å². The highest BCUT2D eigenvalue weighted by Gasteiger charge is 2.44. The van der Waals surface area contributed by atoms with Gasteiger partial charge in [0.2, 0.25) is 17.7 Å². The molecule has 7 heterocycles. The summed E-state index contributed by atoms with van der Waals surface area (Å²) in [5.74, 6) is 0.0609. The van der Waals surface area contributed by atoms with Gasteiger partial charge >= 0.3 is 0 Å². The van der Waals surface area contributed by atoms with Crippen LogP contribution in [0, 0.1) is 18.8 Å². The zero-order valence-corrected chi connectivity index (χ0v) is 36.7. The fourth-order valence-electron chi connectivity index (χ4n) is 9.04. The number of aliphatic hydroxyl groups is 1. The van der Waals surface area contributed by atoms with Crippen molar-refractivity contribution in [3.8, 4) is 27.4 Å². The zero-order valence-electron chi connectivity index (χ0n) is 35.1. The van der Waals surface area contributed by atoms with Crippen molar-refractivity contribution in [2.45, 2.75) is 77.0 Å². The van der Waals surface area contributed by atoms with Crippen molar-refractivity contribution in [1.29, 1.82) is 0 Å². The summed E-state index contributed by atoms with van der Waals surface area (Å²) >= 11 is 3.19. The van der Waals surface area contributed by atoms with Crippen molar-refractivity contribution in [3.05, 3.63) is 94.1 Å². The van der Waals surface area contributed by atoms with Crippen LogP contribution in [0.5, 0.6) is 5.75 Å². The molecule has 14 nitrogen and oxygen atoms in total. The fourth-order valence-corrected chi connectivity index (χ4v) is 10.9. The number of thiophene rings is 1. The number of anilines is 1. The smallest absolute Gasteiger partial charge is 0.243 e. The number of phenolic OH excluding ortho intramolecular Hbond substituents is 1. The van der Waals surface area contributed by atoms with E-state index in [0.29, 0.717) is 61.9 Å². The van der Waals surface area contributed by atoms with Crippen LogP contribution in [0.15, 0.2) is 76.8 Å². The number of amides is 3. The second-order valence-corrected chi connectivity index (χ2v) is 19.1. The van der Waals surface area contributed by atoms with Gasteiger partial charge in [0.1, 0.15) is 22.5 Å². The lowest BCUT2D eigenvalue weighted by molar-refractivity contribution is -0.141. The molecule has 3 aliphatic heterocycles. The van der Waals surface area contributed by atoms with E-state index in [4.69, 9.17) is 4.52 Å². The number of hydrogen-bond donors (Lipinski definition) is 3. The highest BCUT2D eigenvalue weighted by Crippen LogP contribution is 2.39. The largest absolute Gasteiger partial charge is 0.507 e. The van der Waals surface area contributed by atoms with Crippen LogP contribution in [-0.2, 0) is 14.4 Å². The first kappa shape index (κ1) is 41.6. The molecule has 0 spiro atoms. The molecule has 3 aliphatic rings. The van der Waals surface area contributed by atoms with Gasteiger partial charge in [0.15, 0.2) is 11.6 Å². The van der Waals surface area contributed by atoms with E-state index in [1.54, 1.807) is 34.8 Å². The van der Waals surface area contributed by atoms with Crippen LogP contribution < -0.4 is 10.2 Å². The number of likely N-dealkylation sites (tertiary alicyclic amines) is 2. The number of carbonyl (C=O) groups excluding carboxylic acids is 3.